The molecule has 0 radical (unpaired) electrons. The summed E-state index contributed by atoms with van der Waals surface area (Å²) in [5.41, 5.74) is 1.93. The molecule has 1 aromatic carbocycles. The standard InChI is InChI=1S/C15H20FN3/c1-3-19-11-12(10-18-19)8-14(17-2)9-13-6-4-5-7-15(13)16/h4-7,10-11,14,17H,3,8-9H2,1-2H3. The summed E-state index contributed by atoms with van der Waals surface area (Å²) in [4.78, 5) is 0. The van der Waals surface area contributed by atoms with Crippen molar-refractivity contribution in [3.05, 3.63) is 53.6 Å². The largest absolute Gasteiger partial charge is 0.316 e. The van der Waals surface area contributed by atoms with Gasteiger partial charge in [-0.1, -0.05) is 18.2 Å². The lowest BCUT2D eigenvalue weighted by Crippen LogP contribution is -2.30. The average molecular weight is 261 g/mol. The molecule has 0 saturated carbocycles. The third kappa shape index (κ3) is 3.64. The molecule has 0 aliphatic rings. The van der Waals surface area contributed by atoms with Gasteiger partial charge in [0.05, 0.1) is 6.20 Å². The number of aryl methyl sites for hydroxylation is 1. The first-order chi connectivity index (χ1) is 9.22. The SMILES string of the molecule is CCn1cc(CC(Cc2ccccc2F)NC)cn1. The third-order valence-corrected chi connectivity index (χ3v) is 3.33. The molecule has 19 heavy (non-hydrogen) atoms. The van der Waals surface area contributed by atoms with E-state index in [0.29, 0.717) is 6.42 Å². The fourth-order valence-corrected chi connectivity index (χ4v) is 2.17. The first-order valence-corrected chi connectivity index (χ1v) is 6.65. The highest BCUT2D eigenvalue weighted by atomic mass is 19.1. The summed E-state index contributed by atoms with van der Waals surface area (Å²) in [6.07, 6.45) is 5.46. The lowest BCUT2D eigenvalue weighted by molar-refractivity contribution is 0.532. The van der Waals surface area contributed by atoms with Crippen LogP contribution in [-0.4, -0.2) is 22.9 Å². The van der Waals surface area contributed by atoms with E-state index >= 15 is 0 Å². The van der Waals surface area contributed by atoms with E-state index in [1.54, 1.807) is 6.07 Å². The number of rotatable bonds is 6. The topological polar surface area (TPSA) is 29.9 Å². The number of nitrogens with zero attached hydrogens (tertiary/aromatic N) is 2. The predicted molar refractivity (Wildman–Crippen MR) is 74.6 cm³/mol. The zero-order valence-electron chi connectivity index (χ0n) is 11.4. The van der Waals surface area contributed by atoms with Gasteiger partial charge in [-0.2, -0.15) is 5.10 Å². The van der Waals surface area contributed by atoms with E-state index in [1.807, 2.05) is 36.3 Å². The molecule has 0 aliphatic carbocycles. The molecule has 1 unspecified atom stereocenters. The van der Waals surface area contributed by atoms with Crippen molar-refractivity contribution in [2.24, 2.45) is 0 Å². The summed E-state index contributed by atoms with van der Waals surface area (Å²) >= 11 is 0. The second kappa shape index (κ2) is 6.48. The van der Waals surface area contributed by atoms with Crippen LogP contribution in [0.3, 0.4) is 0 Å². The first kappa shape index (κ1) is 13.7. The number of hydrogen-bond donors (Lipinski definition) is 1. The van der Waals surface area contributed by atoms with Crippen molar-refractivity contribution in [2.75, 3.05) is 7.05 Å². The van der Waals surface area contributed by atoms with Gasteiger partial charge < -0.3 is 5.32 Å². The van der Waals surface area contributed by atoms with Gasteiger partial charge in [0.15, 0.2) is 0 Å². The van der Waals surface area contributed by atoms with Gasteiger partial charge in [0.1, 0.15) is 5.82 Å². The molecule has 0 fully saturated rings. The van der Waals surface area contributed by atoms with E-state index in [9.17, 15) is 4.39 Å². The Labute approximate surface area is 113 Å². The number of halogens is 1. The maximum atomic E-state index is 13.6. The normalized spacial score (nSPS) is 12.6. The number of hydrogen-bond acceptors (Lipinski definition) is 2. The molecule has 102 valence electrons. The minimum Gasteiger partial charge on any atom is -0.316 e. The van der Waals surface area contributed by atoms with Gasteiger partial charge >= 0.3 is 0 Å². The van der Waals surface area contributed by atoms with Crippen LogP contribution in [0, 0.1) is 5.82 Å². The Morgan fingerprint density at radius 1 is 1.32 bits per heavy atom. The van der Waals surface area contributed by atoms with Gasteiger partial charge in [0.2, 0.25) is 0 Å². The first-order valence-electron chi connectivity index (χ1n) is 6.65. The molecule has 0 amide bonds. The molecule has 0 aliphatic heterocycles. The van der Waals surface area contributed by atoms with Crippen molar-refractivity contribution in [2.45, 2.75) is 32.4 Å². The molecular formula is C15H20FN3. The molecule has 0 saturated heterocycles. The van der Waals surface area contributed by atoms with Gasteiger partial charge in [-0.05, 0) is 44.0 Å². The molecule has 1 N–H and O–H groups in total. The number of benzene rings is 1. The predicted octanol–water partition coefficient (Wildman–Crippen LogP) is 2.42. The lowest BCUT2D eigenvalue weighted by Gasteiger charge is -2.15. The molecule has 0 bridgehead atoms. The van der Waals surface area contributed by atoms with Crippen LogP contribution >= 0.6 is 0 Å². The van der Waals surface area contributed by atoms with Gasteiger partial charge in [-0.25, -0.2) is 4.39 Å². The molecule has 1 atom stereocenters. The number of nitrogens with one attached hydrogen (secondary N) is 1. The van der Waals surface area contributed by atoms with Crippen LogP contribution in [-0.2, 0) is 19.4 Å². The van der Waals surface area contributed by atoms with Gasteiger partial charge in [0.25, 0.3) is 0 Å². The minimum absolute atomic E-state index is 0.132. The lowest BCUT2D eigenvalue weighted by atomic mass is 10.0. The van der Waals surface area contributed by atoms with Gasteiger partial charge in [0, 0.05) is 18.8 Å². The second-order valence-corrected chi connectivity index (χ2v) is 4.69. The summed E-state index contributed by atoms with van der Waals surface area (Å²) < 4.78 is 15.5. The summed E-state index contributed by atoms with van der Waals surface area (Å²) in [6, 6.07) is 7.16. The Morgan fingerprint density at radius 2 is 2.11 bits per heavy atom. The second-order valence-electron chi connectivity index (χ2n) is 4.69. The third-order valence-electron chi connectivity index (χ3n) is 3.33. The minimum atomic E-state index is -0.132. The van der Waals surface area contributed by atoms with Crippen molar-refractivity contribution in [1.82, 2.24) is 15.1 Å². The summed E-state index contributed by atoms with van der Waals surface area (Å²) in [7, 11) is 1.91. The number of aromatic nitrogens is 2. The Hall–Kier alpha value is -1.68. The van der Waals surface area contributed by atoms with Gasteiger partial charge in [-0.15, -0.1) is 0 Å². The van der Waals surface area contributed by atoms with Crippen molar-refractivity contribution in [3.8, 4) is 0 Å². The van der Waals surface area contributed by atoms with Crippen molar-refractivity contribution >= 4 is 0 Å². The van der Waals surface area contributed by atoms with Crippen LogP contribution in [0.5, 0.6) is 0 Å². The van der Waals surface area contributed by atoms with Crippen LogP contribution in [0.4, 0.5) is 4.39 Å². The molecule has 1 heterocycles. The Morgan fingerprint density at radius 3 is 2.74 bits per heavy atom. The highest BCUT2D eigenvalue weighted by Gasteiger charge is 2.12. The van der Waals surface area contributed by atoms with Crippen LogP contribution in [0.1, 0.15) is 18.1 Å². The Balaban J connectivity index is 2.02. The van der Waals surface area contributed by atoms with Crippen LogP contribution in [0.2, 0.25) is 0 Å². The maximum Gasteiger partial charge on any atom is 0.126 e. The van der Waals surface area contributed by atoms with E-state index in [4.69, 9.17) is 0 Å². The van der Waals surface area contributed by atoms with E-state index < -0.39 is 0 Å². The molecule has 0 spiro atoms. The van der Waals surface area contributed by atoms with E-state index in [-0.39, 0.29) is 11.9 Å². The molecule has 1 aromatic heterocycles. The summed E-state index contributed by atoms with van der Waals surface area (Å²) in [5.74, 6) is -0.132. The Bertz CT molecular complexity index is 522. The highest BCUT2D eigenvalue weighted by molar-refractivity contribution is 5.19. The summed E-state index contributed by atoms with van der Waals surface area (Å²) in [5, 5.41) is 7.51. The van der Waals surface area contributed by atoms with Crippen LogP contribution in [0.25, 0.3) is 0 Å². The molecule has 3 nitrogen and oxygen atoms in total. The molecular weight excluding hydrogens is 241 g/mol. The van der Waals surface area contributed by atoms with Crippen molar-refractivity contribution < 1.29 is 4.39 Å². The molecule has 2 rings (SSSR count). The fraction of sp³-hybridized carbons (Fsp3) is 0.400. The van der Waals surface area contributed by atoms with Gasteiger partial charge in [-0.3, -0.25) is 4.68 Å². The van der Waals surface area contributed by atoms with E-state index in [1.165, 1.54) is 11.6 Å². The zero-order chi connectivity index (χ0) is 13.7. The quantitative estimate of drug-likeness (QED) is 0.865. The highest BCUT2D eigenvalue weighted by Crippen LogP contribution is 2.12. The van der Waals surface area contributed by atoms with Crippen molar-refractivity contribution in [1.29, 1.82) is 0 Å². The summed E-state index contributed by atoms with van der Waals surface area (Å²) in [6.45, 7) is 2.93. The Kier molecular flexibility index (Phi) is 4.68. The van der Waals surface area contributed by atoms with Crippen LogP contribution in [0.15, 0.2) is 36.7 Å². The van der Waals surface area contributed by atoms with E-state index in [0.717, 1.165) is 18.5 Å². The fourth-order valence-electron chi connectivity index (χ4n) is 2.17. The molecule has 2 aromatic rings. The van der Waals surface area contributed by atoms with E-state index in [2.05, 4.69) is 17.3 Å². The zero-order valence-corrected chi connectivity index (χ0v) is 11.4. The van der Waals surface area contributed by atoms with Crippen molar-refractivity contribution in [3.63, 3.8) is 0 Å². The smallest absolute Gasteiger partial charge is 0.126 e. The monoisotopic (exact) mass is 261 g/mol. The average Bonchev–Trinajstić information content (AvgIpc) is 2.88. The molecule has 4 heteroatoms. The number of likely N-dealkylation sites (N-methyl/N-ethyl adjacent to an activating group) is 1. The van der Waals surface area contributed by atoms with Crippen LogP contribution < -0.4 is 5.32 Å². The maximum absolute atomic E-state index is 13.6.